The molecule has 17 heavy (non-hydrogen) atoms. The van der Waals surface area contributed by atoms with Gasteiger partial charge in [-0.15, -0.1) is 0 Å². The van der Waals surface area contributed by atoms with Gasteiger partial charge in [0.05, 0.1) is 18.5 Å². The molecule has 2 N–H and O–H groups in total. The predicted octanol–water partition coefficient (Wildman–Crippen LogP) is 1.29. The number of nitrogens with zero attached hydrogens (tertiary/aromatic N) is 2. The van der Waals surface area contributed by atoms with Crippen molar-refractivity contribution in [3.8, 4) is 11.7 Å². The van der Waals surface area contributed by atoms with Crippen LogP contribution in [0.25, 0.3) is 5.69 Å². The third kappa shape index (κ3) is 2.13. The quantitative estimate of drug-likeness (QED) is 0.865. The zero-order valence-electron chi connectivity index (χ0n) is 9.68. The molecule has 0 unspecified atom stereocenters. The first-order valence-corrected chi connectivity index (χ1v) is 5.12. The molecular formula is C12H13N3O2. The Balaban J connectivity index is 2.42. The van der Waals surface area contributed by atoms with Gasteiger partial charge < -0.3 is 10.5 Å². The van der Waals surface area contributed by atoms with E-state index in [1.165, 1.54) is 0 Å². The molecule has 0 fully saturated rings. The maximum absolute atomic E-state index is 11.0. The molecule has 1 aromatic carbocycles. The number of methoxy groups -OCH3 is 1. The molecule has 1 amide bonds. The minimum absolute atomic E-state index is 0.440. The molecule has 0 aliphatic carbocycles. The van der Waals surface area contributed by atoms with E-state index in [1.807, 2.05) is 13.1 Å². The molecule has 2 aromatic rings. The largest absolute Gasteiger partial charge is 0.468 e. The number of amides is 1. The predicted molar refractivity (Wildman–Crippen MR) is 63.4 cm³/mol. The first kappa shape index (κ1) is 11.2. The standard InChI is InChI=1S/C12H13N3O2/c1-8-7-15(12(14-8)17-2)10-5-3-9(4-6-10)11(13)16/h3-7H,1-2H3,(H2,13,16). The summed E-state index contributed by atoms with van der Waals surface area (Å²) in [6.45, 7) is 1.89. The second-order valence-corrected chi connectivity index (χ2v) is 3.65. The average molecular weight is 231 g/mol. The third-order valence-electron chi connectivity index (χ3n) is 2.41. The number of aryl methyl sites for hydroxylation is 1. The summed E-state index contributed by atoms with van der Waals surface area (Å²) in [6, 6.07) is 7.45. The van der Waals surface area contributed by atoms with Crippen molar-refractivity contribution in [2.45, 2.75) is 6.92 Å². The molecule has 1 heterocycles. The maximum atomic E-state index is 11.0. The van der Waals surface area contributed by atoms with Crippen LogP contribution in [0.2, 0.25) is 0 Å². The Morgan fingerprint density at radius 2 is 2.00 bits per heavy atom. The molecule has 5 nitrogen and oxygen atoms in total. The molecule has 0 saturated heterocycles. The number of carbonyl (C=O) groups excluding carboxylic acids is 1. The van der Waals surface area contributed by atoms with E-state index in [0.717, 1.165) is 11.4 Å². The molecule has 0 radical (unpaired) electrons. The molecule has 0 aliphatic heterocycles. The van der Waals surface area contributed by atoms with Gasteiger partial charge in [-0.3, -0.25) is 9.36 Å². The highest BCUT2D eigenvalue weighted by atomic mass is 16.5. The fraction of sp³-hybridized carbons (Fsp3) is 0.167. The summed E-state index contributed by atoms with van der Waals surface area (Å²) in [5, 5.41) is 0. The second-order valence-electron chi connectivity index (χ2n) is 3.65. The zero-order chi connectivity index (χ0) is 12.4. The Morgan fingerprint density at radius 3 is 2.53 bits per heavy atom. The fourth-order valence-corrected chi connectivity index (χ4v) is 1.59. The lowest BCUT2D eigenvalue weighted by Gasteiger charge is -2.06. The van der Waals surface area contributed by atoms with Gasteiger partial charge in [-0.1, -0.05) is 0 Å². The van der Waals surface area contributed by atoms with Crippen molar-refractivity contribution in [1.82, 2.24) is 9.55 Å². The summed E-state index contributed by atoms with van der Waals surface area (Å²) in [4.78, 5) is 15.2. The molecule has 5 heteroatoms. The van der Waals surface area contributed by atoms with E-state index >= 15 is 0 Å². The number of imidazole rings is 1. The lowest BCUT2D eigenvalue weighted by atomic mass is 10.2. The number of carbonyl (C=O) groups is 1. The van der Waals surface area contributed by atoms with Crippen LogP contribution in [-0.4, -0.2) is 22.6 Å². The van der Waals surface area contributed by atoms with Crippen LogP contribution >= 0.6 is 0 Å². The summed E-state index contributed by atoms with van der Waals surface area (Å²) in [5.41, 5.74) is 7.39. The fourth-order valence-electron chi connectivity index (χ4n) is 1.59. The van der Waals surface area contributed by atoms with Crippen molar-refractivity contribution >= 4 is 5.91 Å². The van der Waals surface area contributed by atoms with Crippen LogP contribution in [0.15, 0.2) is 30.5 Å². The average Bonchev–Trinajstić information content (AvgIpc) is 2.70. The minimum Gasteiger partial charge on any atom is -0.468 e. The Labute approximate surface area is 98.8 Å². The van der Waals surface area contributed by atoms with Crippen molar-refractivity contribution in [1.29, 1.82) is 0 Å². The second kappa shape index (κ2) is 4.29. The summed E-state index contributed by atoms with van der Waals surface area (Å²) in [7, 11) is 1.57. The molecule has 0 saturated carbocycles. The smallest absolute Gasteiger partial charge is 0.300 e. The van der Waals surface area contributed by atoms with Gasteiger partial charge in [-0.05, 0) is 31.2 Å². The molecule has 1 aromatic heterocycles. The van der Waals surface area contributed by atoms with Crippen LogP contribution in [0.4, 0.5) is 0 Å². The van der Waals surface area contributed by atoms with Gasteiger partial charge in [-0.25, -0.2) is 4.98 Å². The van der Waals surface area contributed by atoms with Crippen molar-refractivity contribution in [2.75, 3.05) is 7.11 Å². The number of hydrogen-bond donors (Lipinski definition) is 1. The van der Waals surface area contributed by atoms with Crippen molar-refractivity contribution in [3.63, 3.8) is 0 Å². The number of primary amides is 1. The van der Waals surface area contributed by atoms with Gasteiger partial charge in [0.1, 0.15) is 0 Å². The Kier molecular flexibility index (Phi) is 2.82. The first-order valence-electron chi connectivity index (χ1n) is 5.12. The molecule has 0 aliphatic rings. The lowest BCUT2D eigenvalue weighted by Crippen LogP contribution is -2.10. The SMILES string of the molecule is COc1nc(C)cn1-c1ccc(C(N)=O)cc1. The minimum atomic E-state index is -0.440. The van der Waals surface area contributed by atoms with Crippen LogP contribution < -0.4 is 10.5 Å². The van der Waals surface area contributed by atoms with Gasteiger partial charge in [0.2, 0.25) is 5.91 Å². The van der Waals surface area contributed by atoms with E-state index < -0.39 is 5.91 Å². The van der Waals surface area contributed by atoms with Crippen molar-refractivity contribution in [2.24, 2.45) is 5.73 Å². The topological polar surface area (TPSA) is 70.1 Å². The van der Waals surface area contributed by atoms with Gasteiger partial charge >= 0.3 is 6.01 Å². The van der Waals surface area contributed by atoms with Crippen LogP contribution in [-0.2, 0) is 0 Å². The summed E-state index contributed by atoms with van der Waals surface area (Å²) < 4.78 is 6.96. The number of hydrogen-bond acceptors (Lipinski definition) is 3. The highest BCUT2D eigenvalue weighted by molar-refractivity contribution is 5.92. The molecule has 0 spiro atoms. The zero-order valence-corrected chi connectivity index (χ0v) is 9.68. The Bertz CT molecular complexity index is 543. The van der Waals surface area contributed by atoms with Crippen molar-refractivity contribution in [3.05, 3.63) is 41.7 Å². The highest BCUT2D eigenvalue weighted by Gasteiger charge is 2.08. The number of aromatic nitrogens is 2. The van der Waals surface area contributed by atoms with Gasteiger partial charge in [0.25, 0.3) is 0 Å². The lowest BCUT2D eigenvalue weighted by molar-refractivity contribution is 0.100. The monoisotopic (exact) mass is 231 g/mol. The van der Waals surface area contributed by atoms with E-state index in [9.17, 15) is 4.79 Å². The van der Waals surface area contributed by atoms with E-state index in [4.69, 9.17) is 10.5 Å². The Hall–Kier alpha value is -2.30. The first-order chi connectivity index (χ1) is 8.11. The van der Waals surface area contributed by atoms with Crippen LogP contribution in [0, 0.1) is 6.92 Å². The van der Waals surface area contributed by atoms with E-state index in [-0.39, 0.29) is 0 Å². The van der Waals surface area contributed by atoms with Crippen LogP contribution in [0.3, 0.4) is 0 Å². The van der Waals surface area contributed by atoms with Gasteiger partial charge in [-0.2, -0.15) is 0 Å². The van der Waals surface area contributed by atoms with E-state index in [2.05, 4.69) is 4.98 Å². The van der Waals surface area contributed by atoms with Crippen LogP contribution in [0.1, 0.15) is 16.1 Å². The number of ether oxygens (including phenoxy) is 1. The third-order valence-corrected chi connectivity index (χ3v) is 2.41. The number of nitrogens with two attached hydrogens (primary N) is 1. The molecule has 0 atom stereocenters. The molecular weight excluding hydrogens is 218 g/mol. The molecule has 88 valence electrons. The number of benzene rings is 1. The summed E-state index contributed by atoms with van der Waals surface area (Å²) in [6.07, 6.45) is 1.86. The molecule has 2 rings (SSSR count). The summed E-state index contributed by atoms with van der Waals surface area (Å²) in [5.74, 6) is -0.440. The molecule has 0 bridgehead atoms. The highest BCUT2D eigenvalue weighted by Crippen LogP contribution is 2.18. The summed E-state index contributed by atoms with van der Waals surface area (Å²) >= 11 is 0. The number of rotatable bonds is 3. The van der Waals surface area contributed by atoms with Crippen LogP contribution in [0.5, 0.6) is 6.01 Å². The van der Waals surface area contributed by atoms with Crippen molar-refractivity contribution < 1.29 is 9.53 Å². The van der Waals surface area contributed by atoms with Gasteiger partial charge in [0, 0.05) is 11.8 Å². The van der Waals surface area contributed by atoms with Gasteiger partial charge in [0.15, 0.2) is 0 Å². The van der Waals surface area contributed by atoms with E-state index in [0.29, 0.717) is 11.6 Å². The van der Waals surface area contributed by atoms with E-state index in [1.54, 1.807) is 35.9 Å². The Morgan fingerprint density at radius 1 is 1.35 bits per heavy atom. The normalized spacial score (nSPS) is 10.2. The maximum Gasteiger partial charge on any atom is 0.300 e.